The highest BCUT2D eigenvalue weighted by atomic mass is 32.2. The van der Waals surface area contributed by atoms with Crippen LogP contribution in [0.25, 0.3) is 6.08 Å². The third-order valence-electron chi connectivity index (χ3n) is 2.61. The summed E-state index contributed by atoms with van der Waals surface area (Å²) in [5.74, 6) is -0.332. The zero-order chi connectivity index (χ0) is 15.8. The van der Waals surface area contributed by atoms with Gasteiger partial charge in [-0.3, -0.25) is 0 Å². The van der Waals surface area contributed by atoms with Gasteiger partial charge in [0.05, 0.1) is 0 Å². The summed E-state index contributed by atoms with van der Waals surface area (Å²) in [6.07, 6.45) is 3.03. The molecule has 0 fully saturated rings. The Morgan fingerprint density at radius 1 is 1.23 bits per heavy atom. The van der Waals surface area contributed by atoms with Gasteiger partial charge in [-0.2, -0.15) is 5.26 Å². The molecule has 2 amide bonds. The van der Waals surface area contributed by atoms with E-state index in [2.05, 4.69) is 10.6 Å². The number of nitrogens with one attached hydrogen (secondary N) is 2. The molecule has 0 radical (unpaired) electrons. The summed E-state index contributed by atoms with van der Waals surface area (Å²) < 4.78 is 13.0. The number of nitrogens with zero attached hydrogens (tertiary/aromatic N) is 1. The minimum absolute atomic E-state index is 0.332. The minimum Gasteiger partial charge on any atom is -0.314 e. The van der Waals surface area contributed by atoms with E-state index in [1.807, 2.05) is 5.40 Å². The van der Waals surface area contributed by atoms with Gasteiger partial charge >= 0.3 is 6.03 Å². The zero-order valence-electron chi connectivity index (χ0n) is 11.4. The Kier molecular flexibility index (Phi) is 5.57. The van der Waals surface area contributed by atoms with E-state index in [0.29, 0.717) is 11.3 Å². The van der Waals surface area contributed by atoms with Gasteiger partial charge in [0.2, 0.25) is 0 Å². The van der Waals surface area contributed by atoms with Gasteiger partial charge in [0.25, 0.3) is 0 Å². The van der Waals surface area contributed by atoms with E-state index >= 15 is 0 Å². The standard InChI is InChI=1S/C16H12FN3OS/c17-13-3-1-2-12(10-13)8-9-19-16(21)20-14-4-6-15(7-5-14)22-11-18/h1-10H,(H2,19,20,21)/b9-8+. The van der Waals surface area contributed by atoms with Gasteiger partial charge in [-0.25, -0.2) is 9.18 Å². The molecular formula is C16H12FN3OS. The number of thiocyanates is 1. The average Bonchev–Trinajstić information content (AvgIpc) is 2.50. The molecule has 2 N–H and O–H groups in total. The average molecular weight is 313 g/mol. The Balaban J connectivity index is 1.86. The topological polar surface area (TPSA) is 64.9 Å². The third-order valence-corrected chi connectivity index (χ3v) is 3.21. The normalized spacial score (nSPS) is 10.2. The van der Waals surface area contributed by atoms with Crippen LogP contribution in [0.3, 0.4) is 0 Å². The molecule has 2 aromatic rings. The smallest absolute Gasteiger partial charge is 0.314 e. The first-order chi connectivity index (χ1) is 10.7. The third kappa shape index (κ3) is 4.96. The van der Waals surface area contributed by atoms with E-state index in [4.69, 9.17) is 5.26 Å². The summed E-state index contributed by atoms with van der Waals surface area (Å²) in [7, 11) is 0. The van der Waals surface area contributed by atoms with Crippen molar-refractivity contribution in [1.82, 2.24) is 5.32 Å². The monoisotopic (exact) mass is 313 g/mol. The van der Waals surface area contributed by atoms with Crippen LogP contribution in [0.2, 0.25) is 0 Å². The summed E-state index contributed by atoms with van der Waals surface area (Å²) >= 11 is 1.05. The molecule has 0 aliphatic rings. The number of hydrogen-bond acceptors (Lipinski definition) is 3. The zero-order valence-corrected chi connectivity index (χ0v) is 12.2. The Morgan fingerprint density at radius 3 is 2.68 bits per heavy atom. The van der Waals surface area contributed by atoms with Crippen molar-refractivity contribution in [3.63, 3.8) is 0 Å². The van der Waals surface area contributed by atoms with Crippen molar-refractivity contribution in [2.24, 2.45) is 0 Å². The van der Waals surface area contributed by atoms with Gasteiger partial charge in [0, 0.05) is 16.8 Å². The Hall–Kier alpha value is -2.78. The highest BCUT2D eigenvalue weighted by molar-refractivity contribution is 8.03. The molecule has 110 valence electrons. The van der Waals surface area contributed by atoms with Gasteiger partial charge in [-0.15, -0.1) is 0 Å². The lowest BCUT2D eigenvalue weighted by atomic mass is 10.2. The Morgan fingerprint density at radius 2 is 2.00 bits per heavy atom. The summed E-state index contributed by atoms with van der Waals surface area (Å²) in [4.78, 5) is 12.5. The number of urea groups is 1. The molecule has 0 aliphatic heterocycles. The lowest BCUT2D eigenvalue weighted by molar-refractivity contribution is 0.255. The molecule has 4 nitrogen and oxygen atoms in total. The van der Waals surface area contributed by atoms with E-state index in [0.717, 1.165) is 16.7 Å². The molecule has 2 aromatic carbocycles. The lowest BCUT2D eigenvalue weighted by Crippen LogP contribution is -2.23. The molecular weight excluding hydrogens is 301 g/mol. The Bertz CT molecular complexity index is 723. The van der Waals surface area contributed by atoms with Gasteiger partial charge in [0.15, 0.2) is 0 Å². The van der Waals surface area contributed by atoms with E-state index in [1.165, 1.54) is 18.3 Å². The number of nitriles is 1. The minimum atomic E-state index is -0.409. The van der Waals surface area contributed by atoms with E-state index in [1.54, 1.807) is 42.5 Å². The highest BCUT2D eigenvalue weighted by Crippen LogP contribution is 2.18. The first-order valence-electron chi connectivity index (χ1n) is 6.33. The maximum absolute atomic E-state index is 13.0. The van der Waals surface area contributed by atoms with Gasteiger partial charge in [-0.05, 0) is 59.8 Å². The van der Waals surface area contributed by atoms with Gasteiger partial charge in [0.1, 0.15) is 11.2 Å². The van der Waals surface area contributed by atoms with E-state index < -0.39 is 6.03 Å². The van der Waals surface area contributed by atoms with Crippen LogP contribution in [-0.4, -0.2) is 6.03 Å². The largest absolute Gasteiger partial charge is 0.323 e. The predicted molar refractivity (Wildman–Crippen MR) is 85.5 cm³/mol. The number of amides is 2. The number of halogens is 1. The number of benzene rings is 2. The first-order valence-corrected chi connectivity index (χ1v) is 7.14. The summed E-state index contributed by atoms with van der Waals surface area (Å²) in [6.45, 7) is 0. The molecule has 0 spiro atoms. The fourth-order valence-electron chi connectivity index (χ4n) is 1.65. The molecule has 0 unspecified atom stereocenters. The van der Waals surface area contributed by atoms with Crippen LogP contribution in [0.4, 0.5) is 14.9 Å². The SMILES string of the molecule is N#CSc1ccc(NC(=O)N/C=C/c2cccc(F)c2)cc1. The fourth-order valence-corrected chi connectivity index (χ4v) is 2.03. The number of rotatable bonds is 4. The molecule has 0 atom stereocenters. The summed E-state index contributed by atoms with van der Waals surface area (Å²) in [6, 6.07) is 12.5. The molecule has 2 rings (SSSR count). The molecule has 0 aliphatic carbocycles. The van der Waals surface area contributed by atoms with Crippen molar-refractivity contribution in [2.45, 2.75) is 4.90 Å². The number of thioether (sulfide) groups is 1. The van der Waals surface area contributed by atoms with Crippen molar-refractivity contribution < 1.29 is 9.18 Å². The number of carbonyl (C=O) groups excluding carboxylic acids is 1. The second-order valence-electron chi connectivity index (χ2n) is 4.20. The van der Waals surface area contributed by atoms with Crippen LogP contribution in [0, 0.1) is 16.5 Å². The molecule has 0 saturated carbocycles. The number of anilines is 1. The maximum Gasteiger partial charge on any atom is 0.323 e. The molecule has 22 heavy (non-hydrogen) atoms. The van der Waals surface area contributed by atoms with Crippen molar-refractivity contribution >= 4 is 29.6 Å². The van der Waals surface area contributed by atoms with Crippen LogP contribution in [0.5, 0.6) is 0 Å². The maximum atomic E-state index is 13.0. The number of carbonyl (C=O) groups is 1. The quantitative estimate of drug-likeness (QED) is 0.657. The number of hydrogen-bond donors (Lipinski definition) is 2. The fraction of sp³-hybridized carbons (Fsp3) is 0. The Labute approximate surface area is 131 Å². The van der Waals surface area contributed by atoms with Crippen LogP contribution in [0.15, 0.2) is 59.6 Å². The first kappa shape index (κ1) is 15.6. The van der Waals surface area contributed by atoms with Crippen LogP contribution >= 0.6 is 11.8 Å². The van der Waals surface area contributed by atoms with Gasteiger partial charge < -0.3 is 10.6 Å². The van der Waals surface area contributed by atoms with Crippen LogP contribution < -0.4 is 10.6 Å². The van der Waals surface area contributed by atoms with E-state index in [9.17, 15) is 9.18 Å². The highest BCUT2D eigenvalue weighted by Gasteiger charge is 2.00. The summed E-state index contributed by atoms with van der Waals surface area (Å²) in [5, 5.41) is 15.7. The van der Waals surface area contributed by atoms with Crippen molar-refractivity contribution in [2.75, 3.05) is 5.32 Å². The molecule has 0 bridgehead atoms. The molecule has 0 heterocycles. The van der Waals surface area contributed by atoms with Crippen LogP contribution in [0.1, 0.15) is 5.56 Å². The van der Waals surface area contributed by atoms with Crippen molar-refractivity contribution in [1.29, 1.82) is 5.26 Å². The van der Waals surface area contributed by atoms with Gasteiger partial charge in [-0.1, -0.05) is 12.1 Å². The molecule has 0 saturated heterocycles. The lowest BCUT2D eigenvalue weighted by Gasteiger charge is -2.04. The second kappa shape index (κ2) is 7.86. The second-order valence-corrected chi connectivity index (χ2v) is 5.06. The van der Waals surface area contributed by atoms with Crippen molar-refractivity contribution in [3.8, 4) is 5.40 Å². The van der Waals surface area contributed by atoms with E-state index in [-0.39, 0.29) is 5.82 Å². The van der Waals surface area contributed by atoms with Crippen molar-refractivity contribution in [3.05, 3.63) is 66.1 Å². The molecule has 6 heteroatoms. The molecule has 0 aromatic heterocycles. The predicted octanol–water partition coefficient (Wildman–Crippen LogP) is 4.19. The van der Waals surface area contributed by atoms with Crippen LogP contribution in [-0.2, 0) is 0 Å². The summed E-state index contributed by atoms with van der Waals surface area (Å²) in [5.41, 5.74) is 1.26.